The van der Waals surface area contributed by atoms with E-state index in [1.54, 1.807) is 0 Å². The Balaban J connectivity index is 1.11. The molecule has 0 spiro atoms. The Labute approximate surface area is 178 Å². The average molecular weight is 402 g/mol. The number of carbonyl (C=O) groups excluding carboxylic acids is 1. The molecule has 4 nitrogen and oxygen atoms in total. The van der Waals surface area contributed by atoms with Gasteiger partial charge in [-0.05, 0) is 61.3 Å². The van der Waals surface area contributed by atoms with Crippen LogP contribution in [0.1, 0.15) is 43.6 Å². The molecule has 1 aromatic heterocycles. The number of rotatable bonds is 4. The number of benzene rings is 2. The van der Waals surface area contributed by atoms with Crippen LogP contribution in [0.4, 0.5) is 5.69 Å². The van der Waals surface area contributed by atoms with E-state index in [-0.39, 0.29) is 0 Å². The van der Waals surface area contributed by atoms with Gasteiger partial charge in [-0.2, -0.15) is 0 Å². The Hall–Kier alpha value is -2.75. The number of H-pyrrole nitrogens is 1. The van der Waals surface area contributed by atoms with Crippen molar-refractivity contribution in [2.75, 3.05) is 31.1 Å². The summed E-state index contributed by atoms with van der Waals surface area (Å²) in [5.74, 6) is 1.53. The maximum absolute atomic E-state index is 12.9. The van der Waals surface area contributed by atoms with E-state index in [9.17, 15) is 4.79 Å². The zero-order valence-electron chi connectivity index (χ0n) is 17.6. The highest BCUT2D eigenvalue weighted by molar-refractivity contribution is 5.83. The largest absolute Gasteiger partial charge is 0.368 e. The molecule has 1 saturated heterocycles. The van der Waals surface area contributed by atoms with E-state index >= 15 is 0 Å². The minimum atomic E-state index is 0.359. The van der Waals surface area contributed by atoms with E-state index in [0.717, 1.165) is 32.6 Å². The first-order valence-corrected chi connectivity index (χ1v) is 11.4. The van der Waals surface area contributed by atoms with Crippen LogP contribution in [0.5, 0.6) is 0 Å². The zero-order chi connectivity index (χ0) is 20.3. The smallest absolute Gasteiger partial charge is 0.222 e. The summed E-state index contributed by atoms with van der Waals surface area (Å²) in [6.45, 7) is 3.56. The van der Waals surface area contributed by atoms with E-state index in [1.165, 1.54) is 47.8 Å². The van der Waals surface area contributed by atoms with Crippen molar-refractivity contribution < 1.29 is 4.79 Å². The number of hydrogen-bond donors (Lipinski definition) is 1. The summed E-state index contributed by atoms with van der Waals surface area (Å²) >= 11 is 0. The lowest BCUT2D eigenvalue weighted by Crippen LogP contribution is -2.49. The number of piperazine rings is 1. The topological polar surface area (TPSA) is 39.3 Å². The van der Waals surface area contributed by atoms with Crippen LogP contribution in [0.3, 0.4) is 0 Å². The Bertz CT molecular complexity index is 980. The molecular weight excluding hydrogens is 370 g/mol. The first kappa shape index (κ1) is 19.2. The van der Waals surface area contributed by atoms with Gasteiger partial charge in [-0.1, -0.05) is 36.4 Å². The summed E-state index contributed by atoms with van der Waals surface area (Å²) in [5, 5.41) is 1.37. The molecule has 156 valence electrons. The number of amides is 1. The molecule has 0 atom stereocenters. The maximum Gasteiger partial charge on any atom is 0.222 e. The van der Waals surface area contributed by atoms with Crippen molar-refractivity contribution in [3.05, 3.63) is 66.4 Å². The van der Waals surface area contributed by atoms with Crippen molar-refractivity contribution >= 4 is 22.5 Å². The van der Waals surface area contributed by atoms with Crippen LogP contribution < -0.4 is 4.90 Å². The van der Waals surface area contributed by atoms with Crippen molar-refractivity contribution in [1.82, 2.24) is 9.88 Å². The second-order valence-electron chi connectivity index (χ2n) is 8.91. The van der Waals surface area contributed by atoms with Crippen LogP contribution in [-0.2, 0) is 4.79 Å². The molecule has 4 heteroatoms. The molecule has 2 fully saturated rings. The molecule has 0 unspecified atom stereocenters. The summed E-state index contributed by atoms with van der Waals surface area (Å²) in [4.78, 5) is 20.8. The first-order valence-electron chi connectivity index (χ1n) is 11.4. The lowest BCUT2D eigenvalue weighted by atomic mass is 9.77. The van der Waals surface area contributed by atoms with Gasteiger partial charge in [-0.25, -0.2) is 0 Å². The van der Waals surface area contributed by atoms with Crippen molar-refractivity contribution in [2.45, 2.75) is 38.0 Å². The highest BCUT2D eigenvalue weighted by atomic mass is 16.2. The summed E-state index contributed by atoms with van der Waals surface area (Å²) in [7, 11) is 0. The van der Waals surface area contributed by atoms with Gasteiger partial charge in [0.2, 0.25) is 5.91 Å². The molecule has 1 aliphatic heterocycles. The number of hydrogen-bond acceptors (Lipinski definition) is 2. The summed E-state index contributed by atoms with van der Waals surface area (Å²) in [6.07, 6.45) is 7.65. The SMILES string of the molecule is O=C(CC1CCC(c2c[nH]c3ccccc23)CC1)N1CCN(c2ccccc2)CC1. The molecule has 5 rings (SSSR count). The van der Waals surface area contributed by atoms with Crippen LogP contribution in [0, 0.1) is 5.92 Å². The lowest BCUT2D eigenvalue weighted by molar-refractivity contribution is -0.132. The molecule has 1 N–H and O–H groups in total. The molecule has 1 amide bonds. The maximum atomic E-state index is 12.9. The van der Waals surface area contributed by atoms with Crippen molar-refractivity contribution in [3.63, 3.8) is 0 Å². The monoisotopic (exact) mass is 401 g/mol. The molecule has 3 aromatic rings. The normalized spacial score (nSPS) is 22.4. The van der Waals surface area contributed by atoms with E-state index in [2.05, 4.69) is 75.6 Å². The predicted molar refractivity (Wildman–Crippen MR) is 123 cm³/mol. The van der Waals surface area contributed by atoms with E-state index < -0.39 is 0 Å². The Morgan fingerprint density at radius 1 is 0.867 bits per heavy atom. The van der Waals surface area contributed by atoms with Gasteiger partial charge >= 0.3 is 0 Å². The zero-order valence-corrected chi connectivity index (χ0v) is 17.6. The molecule has 0 bridgehead atoms. The Kier molecular flexibility index (Phi) is 5.48. The van der Waals surface area contributed by atoms with Gasteiger partial charge in [0.15, 0.2) is 0 Å². The third-order valence-electron chi connectivity index (χ3n) is 7.12. The van der Waals surface area contributed by atoms with Gasteiger partial charge in [0.25, 0.3) is 0 Å². The van der Waals surface area contributed by atoms with Crippen LogP contribution in [0.2, 0.25) is 0 Å². The van der Waals surface area contributed by atoms with Gasteiger partial charge in [-0.15, -0.1) is 0 Å². The van der Waals surface area contributed by atoms with Crippen molar-refractivity contribution in [1.29, 1.82) is 0 Å². The van der Waals surface area contributed by atoms with E-state index in [0.29, 0.717) is 17.7 Å². The summed E-state index contributed by atoms with van der Waals surface area (Å²) in [5.41, 5.74) is 3.96. The molecule has 30 heavy (non-hydrogen) atoms. The number of para-hydroxylation sites is 2. The highest BCUT2D eigenvalue weighted by Gasteiger charge is 2.28. The highest BCUT2D eigenvalue weighted by Crippen LogP contribution is 2.39. The van der Waals surface area contributed by atoms with Crippen LogP contribution >= 0.6 is 0 Å². The van der Waals surface area contributed by atoms with Crippen LogP contribution in [0.15, 0.2) is 60.8 Å². The molecular formula is C26H31N3O. The number of fused-ring (bicyclic) bond motifs is 1. The second-order valence-corrected chi connectivity index (χ2v) is 8.91. The van der Waals surface area contributed by atoms with Gasteiger partial charge < -0.3 is 14.8 Å². The first-order chi connectivity index (χ1) is 14.8. The summed E-state index contributed by atoms with van der Waals surface area (Å²) in [6, 6.07) is 19.1. The van der Waals surface area contributed by atoms with Gasteiger partial charge in [0.05, 0.1) is 0 Å². The number of aromatic nitrogens is 1. The van der Waals surface area contributed by atoms with Crippen molar-refractivity contribution in [2.24, 2.45) is 5.92 Å². The average Bonchev–Trinajstić information content (AvgIpc) is 3.24. The summed E-state index contributed by atoms with van der Waals surface area (Å²) < 4.78 is 0. The number of nitrogens with one attached hydrogen (secondary N) is 1. The van der Waals surface area contributed by atoms with Crippen molar-refractivity contribution in [3.8, 4) is 0 Å². The third-order valence-corrected chi connectivity index (χ3v) is 7.12. The Morgan fingerprint density at radius 3 is 2.33 bits per heavy atom. The van der Waals surface area contributed by atoms with Crippen LogP contribution in [0.25, 0.3) is 10.9 Å². The van der Waals surface area contributed by atoms with Gasteiger partial charge in [0.1, 0.15) is 0 Å². The fourth-order valence-electron chi connectivity index (χ4n) is 5.34. The molecule has 2 aromatic carbocycles. The molecule has 2 heterocycles. The van der Waals surface area contributed by atoms with Gasteiger partial charge in [-0.3, -0.25) is 4.79 Å². The number of aromatic amines is 1. The molecule has 1 saturated carbocycles. The predicted octanol–water partition coefficient (Wildman–Crippen LogP) is 5.18. The van der Waals surface area contributed by atoms with Crippen LogP contribution in [-0.4, -0.2) is 42.0 Å². The number of carbonyl (C=O) groups is 1. The van der Waals surface area contributed by atoms with E-state index in [4.69, 9.17) is 0 Å². The quantitative estimate of drug-likeness (QED) is 0.654. The fraction of sp³-hybridized carbons (Fsp3) is 0.423. The third kappa shape index (κ3) is 3.96. The number of nitrogens with zero attached hydrogens (tertiary/aromatic N) is 2. The lowest BCUT2D eigenvalue weighted by Gasteiger charge is -2.37. The van der Waals surface area contributed by atoms with Gasteiger partial charge in [0, 0.05) is 55.4 Å². The minimum absolute atomic E-state index is 0.359. The molecule has 0 radical (unpaired) electrons. The molecule has 1 aliphatic carbocycles. The Morgan fingerprint density at radius 2 is 1.57 bits per heavy atom. The fourth-order valence-corrected chi connectivity index (χ4v) is 5.34. The molecule has 2 aliphatic rings. The van der Waals surface area contributed by atoms with E-state index in [1.807, 2.05) is 0 Å². The standard InChI is InChI=1S/C26H31N3O/c30-26(29-16-14-28(15-17-29)22-6-2-1-3-7-22)18-20-10-12-21(13-11-20)24-19-27-25-9-5-4-8-23(24)25/h1-9,19-21,27H,10-18H2. The second kappa shape index (κ2) is 8.55. The number of anilines is 1. The minimum Gasteiger partial charge on any atom is -0.368 e.